The summed E-state index contributed by atoms with van der Waals surface area (Å²) in [6, 6.07) is 21.3. The van der Waals surface area contributed by atoms with Gasteiger partial charge in [-0.25, -0.2) is 0 Å². The Morgan fingerprint density at radius 1 is 0.578 bits per heavy atom. The summed E-state index contributed by atoms with van der Waals surface area (Å²) in [4.78, 5) is 29.0. The minimum atomic E-state index is -2.02. The maximum Gasteiger partial charge on any atom is 0.256 e. The molecule has 64 heavy (non-hydrogen) atoms. The van der Waals surface area contributed by atoms with Gasteiger partial charge in [-0.3, -0.25) is 9.59 Å². The van der Waals surface area contributed by atoms with E-state index in [1.165, 1.54) is 0 Å². The SMILES string of the molecule is CN1Cc2c(Cl)cc(Cl)cc2[C@@H](c2cccc(NC(=O)[C@H](O)[C@@H](O)[C@H](O)[C@H](O)CO)c2)C1.CN1Cc2c(Cl)cc(Cl)cc2[C@H](c2cccc(NC(=O)[C@H](O)[C@@H](O)[C@H](O)[C@H](O)CO)c2)C1. The molecule has 10 atom stereocenters. The number of benzene rings is 4. The van der Waals surface area contributed by atoms with Gasteiger partial charge in [0.15, 0.2) is 12.2 Å². The minimum absolute atomic E-state index is 0.0613. The third-order valence-corrected chi connectivity index (χ3v) is 12.3. The molecule has 0 saturated carbocycles. The number of halogens is 4. The zero-order chi connectivity index (χ0) is 47.2. The topological polar surface area (TPSA) is 267 Å². The molecule has 0 saturated heterocycles. The fraction of sp³-hybridized carbons (Fsp3) is 0.409. The number of nitrogens with one attached hydrogen (secondary N) is 2. The largest absolute Gasteiger partial charge is 0.394 e. The second-order valence-corrected chi connectivity index (χ2v) is 17.7. The Bertz CT molecular complexity index is 2110. The van der Waals surface area contributed by atoms with Crippen LogP contribution >= 0.6 is 46.4 Å². The molecule has 0 unspecified atom stereocenters. The van der Waals surface area contributed by atoms with Crippen molar-refractivity contribution in [1.82, 2.24) is 9.80 Å². The van der Waals surface area contributed by atoms with Crippen molar-refractivity contribution < 1.29 is 60.7 Å². The van der Waals surface area contributed by atoms with E-state index >= 15 is 0 Å². The van der Waals surface area contributed by atoms with E-state index in [1.807, 2.05) is 38.4 Å². The highest BCUT2D eigenvalue weighted by Gasteiger charge is 2.36. The molecule has 0 fully saturated rings. The van der Waals surface area contributed by atoms with E-state index in [0.29, 0.717) is 57.6 Å². The van der Waals surface area contributed by atoms with Crippen LogP contribution in [0.1, 0.15) is 45.2 Å². The molecule has 20 heteroatoms. The van der Waals surface area contributed by atoms with E-state index in [4.69, 9.17) is 56.6 Å². The van der Waals surface area contributed by atoms with Crippen LogP contribution in [0.3, 0.4) is 0 Å². The molecule has 6 rings (SSSR count). The summed E-state index contributed by atoms with van der Waals surface area (Å²) in [6.45, 7) is 1.11. The summed E-state index contributed by atoms with van der Waals surface area (Å²) in [7, 11) is 3.97. The lowest BCUT2D eigenvalue weighted by Gasteiger charge is -2.33. The molecule has 4 aromatic carbocycles. The summed E-state index contributed by atoms with van der Waals surface area (Å²) in [6.07, 6.45) is -15.2. The van der Waals surface area contributed by atoms with Crippen LogP contribution in [0.15, 0.2) is 72.8 Å². The van der Waals surface area contributed by atoms with Crippen molar-refractivity contribution in [1.29, 1.82) is 0 Å². The predicted molar refractivity (Wildman–Crippen MR) is 242 cm³/mol. The van der Waals surface area contributed by atoms with Crippen LogP contribution in [0, 0.1) is 0 Å². The first-order chi connectivity index (χ1) is 30.2. The molecule has 0 aliphatic carbocycles. The number of fused-ring (bicyclic) bond motifs is 2. The van der Waals surface area contributed by atoms with Gasteiger partial charge in [0.05, 0.1) is 13.2 Å². The summed E-state index contributed by atoms with van der Waals surface area (Å²) in [5.41, 5.74) is 6.50. The number of anilines is 2. The number of hydrogen-bond acceptors (Lipinski definition) is 14. The van der Waals surface area contributed by atoms with Crippen LogP contribution in [-0.4, -0.2) is 162 Å². The molecule has 4 aromatic rings. The highest BCUT2D eigenvalue weighted by Crippen LogP contribution is 2.40. The van der Waals surface area contributed by atoms with Crippen LogP contribution in [0.25, 0.3) is 0 Å². The van der Waals surface area contributed by atoms with E-state index in [0.717, 1.165) is 33.4 Å². The molecule has 348 valence electrons. The Labute approximate surface area is 389 Å². The predicted octanol–water partition coefficient (Wildman–Crippen LogP) is 1.89. The Morgan fingerprint density at radius 3 is 1.28 bits per heavy atom. The quantitative estimate of drug-likeness (QED) is 0.0862. The van der Waals surface area contributed by atoms with Gasteiger partial charge in [0, 0.05) is 69.5 Å². The zero-order valence-electron chi connectivity index (χ0n) is 34.6. The van der Waals surface area contributed by atoms with Crippen LogP contribution in [0.4, 0.5) is 11.4 Å². The first-order valence-corrected chi connectivity index (χ1v) is 21.6. The third-order valence-electron chi connectivity index (χ3n) is 11.1. The number of nitrogens with zero attached hydrogens (tertiary/aromatic N) is 2. The van der Waals surface area contributed by atoms with E-state index in [2.05, 4.69) is 20.4 Å². The van der Waals surface area contributed by atoms with E-state index in [-0.39, 0.29) is 11.8 Å². The smallest absolute Gasteiger partial charge is 0.256 e. The molecule has 0 bridgehead atoms. The second kappa shape index (κ2) is 22.8. The van der Waals surface area contributed by atoms with Gasteiger partial charge in [-0.2, -0.15) is 0 Å². The van der Waals surface area contributed by atoms with Crippen molar-refractivity contribution in [2.75, 3.05) is 51.0 Å². The van der Waals surface area contributed by atoms with Crippen molar-refractivity contribution in [3.8, 4) is 0 Å². The minimum Gasteiger partial charge on any atom is -0.394 e. The Morgan fingerprint density at radius 2 is 0.938 bits per heavy atom. The lowest BCUT2D eigenvalue weighted by Crippen LogP contribution is -2.50. The average molecular weight is 971 g/mol. The van der Waals surface area contributed by atoms with E-state index in [9.17, 15) is 50.4 Å². The Kier molecular flexibility index (Phi) is 18.3. The van der Waals surface area contributed by atoms with Crippen molar-refractivity contribution in [3.05, 3.63) is 126 Å². The summed E-state index contributed by atoms with van der Waals surface area (Å²) in [5, 5.41) is 103. The van der Waals surface area contributed by atoms with E-state index < -0.39 is 73.9 Å². The number of carbonyl (C=O) groups excluding carboxylic acids is 2. The Hall–Kier alpha value is -3.50. The van der Waals surface area contributed by atoms with Gasteiger partial charge in [-0.1, -0.05) is 70.7 Å². The van der Waals surface area contributed by atoms with Crippen molar-refractivity contribution >= 4 is 69.6 Å². The van der Waals surface area contributed by atoms with Crippen LogP contribution < -0.4 is 10.6 Å². The molecule has 12 N–H and O–H groups in total. The van der Waals surface area contributed by atoms with Crippen molar-refractivity contribution in [2.24, 2.45) is 0 Å². The average Bonchev–Trinajstić information content (AvgIpc) is 3.27. The first kappa shape index (κ1) is 51.5. The standard InChI is InChI=1S/2C22H26Cl2N2O6/c2*1-26-8-15(14-6-12(23)7-17(24)16(14)9-26)11-3-2-4-13(5-11)25-22(32)21(31)20(30)19(29)18(28)10-27/h2*2-7,15,18-21,27-31H,8-10H2,1H3,(H,25,32)/t15-,18+,19+,20-,21+;15-,18-,19-,20+,21-/m01/s1. The van der Waals surface area contributed by atoms with Crippen LogP contribution in [0.2, 0.25) is 20.1 Å². The molecule has 2 heterocycles. The molecule has 0 radical (unpaired) electrons. The number of aliphatic hydroxyl groups is 10. The fourth-order valence-corrected chi connectivity index (χ4v) is 8.85. The van der Waals surface area contributed by atoms with Gasteiger partial charge >= 0.3 is 0 Å². The molecule has 2 amide bonds. The molecule has 0 aromatic heterocycles. The fourth-order valence-electron chi connectivity index (χ4n) is 7.71. The highest BCUT2D eigenvalue weighted by molar-refractivity contribution is 6.35. The normalized spacial score (nSPS) is 20.2. The molecule has 0 spiro atoms. The molecule has 16 nitrogen and oxygen atoms in total. The van der Waals surface area contributed by atoms with Gasteiger partial charge in [0.1, 0.15) is 36.6 Å². The van der Waals surface area contributed by atoms with Gasteiger partial charge in [0.2, 0.25) is 0 Å². The lowest BCUT2D eigenvalue weighted by atomic mass is 9.84. The van der Waals surface area contributed by atoms with Gasteiger partial charge < -0.3 is 71.5 Å². The number of rotatable bonds is 14. The maximum absolute atomic E-state index is 12.4. The number of aliphatic hydroxyl groups excluding tert-OH is 10. The Balaban J connectivity index is 0.000000241. The molecular weight excluding hydrogens is 918 g/mol. The van der Waals surface area contributed by atoms with E-state index in [1.54, 1.807) is 48.5 Å². The van der Waals surface area contributed by atoms with Gasteiger partial charge in [0.25, 0.3) is 11.8 Å². The molecule has 2 aliphatic rings. The lowest BCUT2D eigenvalue weighted by molar-refractivity contribution is -0.144. The number of carbonyl (C=O) groups is 2. The summed E-state index contributed by atoms with van der Waals surface area (Å²) in [5.74, 6) is -2.06. The van der Waals surface area contributed by atoms with Crippen LogP contribution in [-0.2, 0) is 22.7 Å². The first-order valence-electron chi connectivity index (χ1n) is 20.0. The van der Waals surface area contributed by atoms with Gasteiger partial charge in [-0.15, -0.1) is 0 Å². The monoisotopic (exact) mass is 968 g/mol. The zero-order valence-corrected chi connectivity index (χ0v) is 37.7. The van der Waals surface area contributed by atoms with Crippen molar-refractivity contribution in [2.45, 2.75) is 73.8 Å². The van der Waals surface area contributed by atoms with Crippen LogP contribution in [0.5, 0.6) is 0 Å². The number of hydrogen-bond donors (Lipinski definition) is 12. The number of likely N-dealkylation sites (N-methyl/N-ethyl adjacent to an activating group) is 2. The maximum atomic E-state index is 12.4. The third kappa shape index (κ3) is 12.5. The summed E-state index contributed by atoms with van der Waals surface area (Å²) < 4.78 is 0. The molecule has 2 aliphatic heterocycles. The molecular formula is C44H52Cl4N4O12. The second-order valence-electron chi connectivity index (χ2n) is 16.0. The van der Waals surface area contributed by atoms with Crippen molar-refractivity contribution in [3.63, 3.8) is 0 Å². The van der Waals surface area contributed by atoms with Gasteiger partial charge in [-0.05, 0) is 96.0 Å². The highest BCUT2D eigenvalue weighted by atomic mass is 35.5. The summed E-state index contributed by atoms with van der Waals surface area (Å²) >= 11 is 25.3. The number of amides is 2.